The normalized spacial score (nSPS) is 10.8. The molecule has 0 saturated heterocycles. The lowest BCUT2D eigenvalue weighted by Gasteiger charge is -2.12. The first-order chi connectivity index (χ1) is 10.2. The SMILES string of the molecule is CCc1nc2ccc(Oc3ccccc3)cc2c(N)c1C. The molecule has 21 heavy (non-hydrogen) atoms. The summed E-state index contributed by atoms with van der Waals surface area (Å²) in [5.41, 5.74) is 10.1. The maximum Gasteiger partial charge on any atom is 0.128 e. The van der Waals surface area contributed by atoms with Gasteiger partial charge in [0.25, 0.3) is 0 Å². The fourth-order valence-corrected chi connectivity index (χ4v) is 2.45. The van der Waals surface area contributed by atoms with E-state index in [9.17, 15) is 0 Å². The fourth-order valence-electron chi connectivity index (χ4n) is 2.45. The van der Waals surface area contributed by atoms with E-state index in [-0.39, 0.29) is 0 Å². The van der Waals surface area contributed by atoms with E-state index in [0.717, 1.165) is 45.8 Å². The molecule has 0 radical (unpaired) electrons. The molecule has 2 aromatic carbocycles. The molecule has 0 bridgehead atoms. The third kappa shape index (κ3) is 2.55. The average molecular weight is 278 g/mol. The van der Waals surface area contributed by atoms with Gasteiger partial charge in [-0.05, 0) is 49.2 Å². The zero-order valence-electron chi connectivity index (χ0n) is 12.3. The molecule has 0 amide bonds. The lowest BCUT2D eigenvalue weighted by molar-refractivity contribution is 0.483. The van der Waals surface area contributed by atoms with E-state index in [1.54, 1.807) is 0 Å². The number of anilines is 1. The third-order valence-corrected chi connectivity index (χ3v) is 3.66. The highest BCUT2D eigenvalue weighted by atomic mass is 16.5. The number of nitrogens with zero attached hydrogens (tertiary/aromatic N) is 1. The van der Waals surface area contributed by atoms with Crippen LogP contribution in [-0.2, 0) is 6.42 Å². The maximum atomic E-state index is 6.26. The summed E-state index contributed by atoms with van der Waals surface area (Å²) in [7, 11) is 0. The Morgan fingerprint density at radius 1 is 1.05 bits per heavy atom. The zero-order chi connectivity index (χ0) is 14.8. The van der Waals surface area contributed by atoms with E-state index in [4.69, 9.17) is 10.5 Å². The quantitative estimate of drug-likeness (QED) is 0.768. The molecule has 3 rings (SSSR count). The summed E-state index contributed by atoms with van der Waals surface area (Å²) in [5, 5.41) is 0.943. The number of nitrogens with two attached hydrogens (primary N) is 1. The molecular formula is C18H18N2O. The van der Waals surface area contributed by atoms with E-state index in [2.05, 4.69) is 11.9 Å². The molecule has 1 heterocycles. The molecule has 0 fully saturated rings. The molecule has 3 aromatic rings. The molecular weight excluding hydrogens is 260 g/mol. The van der Waals surface area contributed by atoms with Gasteiger partial charge in [-0.3, -0.25) is 4.98 Å². The van der Waals surface area contributed by atoms with Gasteiger partial charge in [-0.1, -0.05) is 25.1 Å². The number of aromatic nitrogens is 1. The molecule has 3 heteroatoms. The largest absolute Gasteiger partial charge is 0.457 e. The van der Waals surface area contributed by atoms with Gasteiger partial charge in [0, 0.05) is 16.8 Å². The number of rotatable bonds is 3. The van der Waals surface area contributed by atoms with Crippen molar-refractivity contribution >= 4 is 16.6 Å². The van der Waals surface area contributed by atoms with Gasteiger partial charge < -0.3 is 10.5 Å². The molecule has 0 spiro atoms. The Bertz CT molecular complexity index is 782. The van der Waals surface area contributed by atoms with Gasteiger partial charge in [0.15, 0.2) is 0 Å². The number of nitrogen functional groups attached to an aromatic ring is 1. The van der Waals surface area contributed by atoms with Crippen LogP contribution in [0.4, 0.5) is 5.69 Å². The predicted molar refractivity (Wildman–Crippen MR) is 86.8 cm³/mol. The number of aryl methyl sites for hydroxylation is 1. The van der Waals surface area contributed by atoms with Crippen LogP contribution < -0.4 is 10.5 Å². The Morgan fingerprint density at radius 3 is 2.52 bits per heavy atom. The van der Waals surface area contributed by atoms with Crippen molar-refractivity contribution in [1.82, 2.24) is 4.98 Å². The van der Waals surface area contributed by atoms with Crippen LogP contribution in [0.5, 0.6) is 11.5 Å². The second-order valence-electron chi connectivity index (χ2n) is 5.04. The maximum absolute atomic E-state index is 6.26. The smallest absolute Gasteiger partial charge is 0.128 e. The summed E-state index contributed by atoms with van der Waals surface area (Å²) in [4.78, 5) is 4.67. The van der Waals surface area contributed by atoms with Crippen LogP contribution in [0.2, 0.25) is 0 Å². The van der Waals surface area contributed by atoms with Crippen molar-refractivity contribution in [3.8, 4) is 11.5 Å². The second kappa shape index (κ2) is 5.44. The fraction of sp³-hybridized carbons (Fsp3) is 0.167. The molecule has 0 saturated carbocycles. The van der Waals surface area contributed by atoms with Crippen LogP contribution in [0.25, 0.3) is 10.9 Å². The van der Waals surface area contributed by atoms with Crippen molar-refractivity contribution in [1.29, 1.82) is 0 Å². The molecule has 0 unspecified atom stereocenters. The van der Waals surface area contributed by atoms with Gasteiger partial charge in [0.2, 0.25) is 0 Å². The highest BCUT2D eigenvalue weighted by Crippen LogP contribution is 2.30. The van der Waals surface area contributed by atoms with Crippen molar-refractivity contribution in [2.75, 3.05) is 5.73 Å². The van der Waals surface area contributed by atoms with Gasteiger partial charge in [0.05, 0.1) is 5.52 Å². The second-order valence-corrected chi connectivity index (χ2v) is 5.04. The minimum atomic E-state index is 0.769. The van der Waals surface area contributed by atoms with E-state index < -0.39 is 0 Å². The lowest BCUT2D eigenvalue weighted by atomic mass is 10.1. The molecule has 3 nitrogen and oxygen atoms in total. The zero-order valence-corrected chi connectivity index (χ0v) is 12.3. The Hall–Kier alpha value is -2.55. The van der Waals surface area contributed by atoms with Gasteiger partial charge in [-0.2, -0.15) is 0 Å². The van der Waals surface area contributed by atoms with E-state index in [0.29, 0.717) is 0 Å². The molecule has 0 atom stereocenters. The number of para-hydroxylation sites is 1. The highest BCUT2D eigenvalue weighted by Gasteiger charge is 2.09. The molecule has 2 N–H and O–H groups in total. The van der Waals surface area contributed by atoms with Crippen LogP contribution in [-0.4, -0.2) is 4.98 Å². The first-order valence-electron chi connectivity index (χ1n) is 7.10. The number of hydrogen-bond acceptors (Lipinski definition) is 3. The summed E-state index contributed by atoms with van der Waals surface area (Å²) in [5.74, 6) is 1.58. The lowest BCUT2D eigenvalue weighted by Crippen LogP contribution is -2.00. The van der Waals surface area contributed by atoms with Gasteiger partial charge >= 0.3 is 0 Å². The molecule has 0 aliphatic heterocycles. The van der Waals surface area contributed by atoms with Crippen LogP contribution in [0.1, 0.15) is 18.2 Å². The topological polar surface area (TPSA) is 48.1 Å². The Labute approximate surface area is 124 Å². The predicted octanol–water partition coefficient (Wildman–Crippen LogP) is 4.48. The van der Waals surface area contributed by atoms with E-state index in [1.807, 2.05) is 55.5 Å². The number of hydrogen-bond donors (Lipinski definition) is 1. The first kappa shape index (κ1) is 13.4. The first-order valence-corrected chi connectivity index (χ1v) is 7.10. The average Bonchev–Trinajstić information content (AvgIpc) is 2.52. The van der Waals surface area contributed by atoms with Crippen molar-refractivity contribution in [3.05, 3.63) is 59.8 Å². The number of benzene rings is 2. The van der Waals surface area contributed by atoms with Gasteiger partial charge in [-0.25, -0.2) is 0 Å². The third-order valence-electron chi connectivity index (χ3n) is 3.66. The molecule has 1 aromatic heterocycles. The molecule has 0 aliphatic rings. The number of ether oxygens (including phenoxy) is 1. The Kier molecular flexibility index (Phi) is 3.48. The van der Waals surface area contributed by atoms with E-state index >= 15 is 0 Å². The van der Waals surface area contributed by atoms with Crippen LogP contribution in [0, 0.1) is 6.92 Å². The Morgan fingerprint density at radius 2 is 1.81 bits per heavy atom. The van der Waals surface area contributed by atoms with Crippen LogP contribution in [0.3, 0.4) is 0 Å². The Balaban J connectivity index is 2.06. The highest BCUT2D eigenvalue weighted by molar-refractivity contribution is 5.93. The van der Waals surface area contributed by atoms with Crippen molar-refractivity contribution < 1.29 is 4.74 Å². The van der Waals surface area contributed by atoms with Gasteiger partial charge in [0.1, 0.15) is 11.5 Å². The summed E-state index contributed by atoms with van der Waals surface area (Å²) >= 11 is 0. The monoisotopic (exact) mass is 278 g/mol. The van der Waals surface area contributed by atoms with Crippen molar-refractivity contribution in [2.45, 2.75) is 20.3 Å². The standard InChI is InChI=1S/C18H18N2O/c1-3-16-12(2)18(19)15-11-14(9-10-17(15)20-16)21-13-7-5-4-6-8-13/h4-11H,3H2,1-2H3,(H2,19,20). The summed E-state index contributed by atoms with van der Waals surface area (Å²) in [6.07, 6.45) is 0.883. The van der Waals surface area contributed by atoms with Gasteiger partial charge in [-0.15, -0.1) is 0 Å². The summed E-state index contributed by atoms with van der Waals surface area (Å²) in [6.45, 7) is 4.11. The summed E-state index contributed by atoms with van der Waals surface area (Å²) in [6, 6.07) is 15.6. The number of pyridine rings is 1. The van der Waals surface area contributed by atoms with Crippen LogP contribution in [0.15, 0.2) is 48.5 Å². The minimum absolute atomic E-state index is 0.769. The molecule has 106 valence electrons. The van der Waals surface area contributed by atoms with Crippen LogP contribution >= 0.6 is 0 Å². The number of fused-ring (bicyclic) bond motifs is 1. The van der Waals surface area contributed by atoms with Crippen molar-refractivity contribution in [2.24, 2.45) is 0 Å². The minimum Gasteiger partial charge on any atom is -0.457 e. The molecule has 0 aliphatic carbocycles. The van der Waals surface area contributed by atoms with E-state index in [1.165, 1.54) is 0 Å². The van der Waals surface area contributed by atoms with Crippen molar-refractivity contribution in [3.63, 3.8) is 0 Å². The summed E-state index contributed by atoms with van der Waals surface area (Å²) < 4.78 is 5.85.